The molecule has 134 valence electrons. The van der Waals surface area contributed by atoms with Gasteiger partial charge in [-0.3, -0.25) is 4.79 Å². The number of nitrogens with zero attached hydrogens (tertiary/aromatic N) is 1. The molecule has 0 aliphatic rings. The number of carbonyl (C=O) groups excluding carboxylic acids is 1. The van der Waals surface area contributed by atoms with Gasteiger partial charge in [0, 0.05) is 20.9 Å². The van der Waals surface area contributed by atoms with E-state index in [1.807, 2.05) is 47.8 Å². The zero-order valence-electron chi connectivity index (χ0n) is 13.7. The quantitative estimate of drug-likeness (QED) is 0.452. The van der Waals surface area contributed by atoms with Crippen LogP contribution in [0, 0.1) is 0 Å². The fourth-order valence-corrected chi connectivity index (χ4v) is 4.23. The highest BCUT2D eigenvalue weighted by atomic mass is 79.9. The molecule has 1 N–H and O–H groups in total. The molecule has 3 aromatic rings. The smallest absolute Gasteiger partial charge is 0.236 e. The van der Waals surface area contributed by atoms with Gasteiger partial charge in [-0.05, 0) is 58.4 Å². The number of amides is 1. The Kier molecular flexibility index (Phi) is 6.58. The van der Waals surface area contributed by atoms with Crippen molar-refractivity contribution in [1.29, 1.82) is 0 Å². The minimum Gasteiger partial charge on any atom is -0.496 e. The minimum absolute atomic E-state index is 0.0956. The number of hydrogen-bond donors (Lipinski definition) is 1. The maximum Gasteiger partial charge on any atom is 0.236 e. The van der Waals surface area contributed by atoms with Crippen molar-refractivity contribution in [3.05, 3.63) is 57.3 Å². The number of hydrogen-bond acceptors (Lipinski definition) is 5. The van der Waals surface area contributed by atoms with E-state index in [0.29, 0.717) is 15.9 Å². The molecular weight excluding hydrogens is 456 g/mol. The SMILES string of the molecule is COc1ccc(-c2csc(NC(=O)CSc3ccc(Cl)cc3)n2)cc1Br. The van der Waals surface area contributed by atoms with E-state index < -0.39 is 0 Å². The normalized spacial score (nSPS) is 10.6. The molecule has 1 aromatic heterocycles. The Morgan fingerprint density at radius 1 is 1.31 bits per heavy atom. The van der Waals surface area contributed by atoms with Crippen molar-refractivity contribution < 1.29 is 9.53 Å². The van der Waals surface area contributed by atoms with Gasteiger partial charge >= 0.3 is 0 Å². The molecule has 0 saturated carbocycles. The molecule has 0 aliphatic heterocycles. The third-order valence-corrected chi connectivity index (χ3v) is 6.02. The molecule has 1 amide bonds. The van der Waals surface area contributed by atoms with Crippen molar-refractivity contribution in [1.82, 2.24) is 4.98 Å². The van der Waals surface area contributed by atoms with Gasteiger partial charge in [-0.2, -0.15) is 0 Å². The summed E-state index contributed by atoms with van der Waals surface area (Å²) in [6.45, 7) is 0. The van der Waals surface area contributed by atoms with E-state index in [1.165, 1.54) is 23.1 Å². The van der Waals surface area contributed by atoms with Crippen LogP contribution in [-0.4, -0.2) is 23.8 Å². The monoisotopic (exact) mass is 468 g/mol. The van der Waals surface area contributed by atoms with Crippen molar-refractivity contribution in [3.8, 4) is 17.0 Å². The summed E-state index contributed by atoms with van der Waals surface area (Å²) in [5, 5.41) is 6.01. The minimum atomic E-state index is -0.0956. The fourth-order valence-electron chi connectivity index (χ4n) is 2.12. The van der Waals surface area contributed by atoms with E-state index in [9.17, 15) is 4.79 Å². The predicted molar refractivity (Wildman–Crippen MR) is 113 cm³/mol. The molecule has 2 aromatic carbocycles. The topological polar surface area (TPSA) is 51.2 Å². The van der Waals surface area contributed by atoms with E-state index in [-0.39, 0.29) is 5.91 Å². The zero-order chi connectivity index (χ0) is 18.5. The van der Waals surface area contributed by atoms with Crippen LogP contribution in [0.1, 0.15) is 0 Å². The molecule has 3 rings (SSSR count). The second kappa shape index (κ2) is 8.90. The molecule has 0 fully saturated rings. The molecule has 0 radical (unpaired) electrons. The first-order valence-electron chi connectivity index (χ1n) is 7.53. The summed E-state index contributed by atoms with van der Waals surface area (Å²) in [7, 11) is 1.62. The van der Waals surface area contributed by atoms with Crippen LogP contribution in [0.3, 0.4) is 0 Å². The van der Waals surface area contributed by atoms with Crippen molar-refractivity contribution in [2.24, 2.45) is 0 Å². The first-order valence-corrected chi connectivity index (χ1v) is 10.6. The van der Waals surface area contributed by atoms with Gasteiger partial charge in [0.05, 0.1) is 23.0 Å². The molecular formula is C18H14BrClN2O2S2. The molecule has 8 heteroatoms. The number of thiazole rings is 1. The summed E-state index contributed by atoms with van der Waals surface area (Å²) in [4.78, 5) is 17.6. The fraction of sp³-hybridized carbons (Fsp3) is 0.111. The van der Waals surface area contributed by atoms with Gasteiger partial charge in [0.25, 0.3) is 0 Å². The van der Waals surface area contributed by atoms with Crippen LogP contribution >= 0.6 is 50.6 Å². The van der Waals surface area contributed by atoms with E-state index in [1.54, 1.807) is 7.11 Å². The van der Waals surface area contributed by atoms with E-state index in [0.717, 1.165) is 26.4 Å². The highest BCUT2D eigenvalue weighted by Crippen LogP contribution is 2.32. The largest absolute Gasteiger partial charge is 0.496 e. The third-order valence-electron chi connectivity index (χ3n) is 3.38. The Bertz CT molecular complexity index is 916. The molecule has 0 saturated heterocycles. The lowest BCUT2D eigenvalue weighted by Gasteiger charge is -2.04. The lowest BCUT2D eigenvalue weighted by molar-refractivity contribution is -0.113. The summed E-state index contributed by atoms with van der Waals surface area (Å²) in [5.41, 5.74) is 1.75. The van der Waals surface area contributed by atoms with Gasteiger partial charge in [0.2, 0.25) is 5.91 Å². The van der Waals surface area contributed by atoms with Crippen LogP contribution in [0.15, 0.2) is 57.2 Å². The van der Waals surface area contributed by atoms with Gasteiger partial charge in [-0.1, -0.05) is 11.6 Å². The molecule has 4 nitrogen and oxygen atoms in total. The number of carbonyl (C=O) groups is 1. The number of methoxy groups -OCH3 is 1. The first-order chi connectivity index (χ1) is 12.5. The van der Waals surface area contributed by atoms with E-state index >= 15 is 0 Å². The standard InChI is InChI=1S/C18H14BrClN2O2S2/c1-24-16-7-2-11(8-14(16)19)15-9-26-18(21-15)22-17(23)10-25-13-5-3-12(20)4-6-13/h2-9H,10H2,1H3,(H,21,22,23). The van der Waals surface area contributed by atoms with Crippen molar-refractivity contribution >= 4 is 61.7 Å². The van der Waals surface area contributed by atoms with Gasteiger partial charge < -0.3 is 10.1 Å². The average Bonchev–Trinajstić information content (AvgIpc) is 3.09. The first kappa shape index (κ1) is 19.2. The molecule has 26 heavy (non-hydrogen) atoms. The molecule has 0 aliphatic carbocycles. The van der Waals surface area contributed by atoms with Crippen molar-refractivity contribution in [3.63, 3.8) is 0 Å². The Morgan fingerprint density at radius 2 is 2.08 bits per heavy atom. The van der Waals surface area contributed by atoms with Gasteiger partial charge in [-0.15, -0.1) is 23.1 Å². The van der Waals surface area contributed by atoms with Crippen molar-refractivity contribution in [2.75, 3.05) is 18.2 Å². The van der Waals surface area contributed by atoms with Gasteiger partial charge in [0.15, 0.2) is 5.13 Å². The number of aromatic nitrogens is 1. The Balaban J connectivity index is 1.60. The number of halogens is 2. The number of anilines is 1. The Hall–Kier alpha value is -1.54. The predicted octanol–water partition coefficient (Wildman–Crippen LogP) is 5.97. The summed E-state index contributed by atoms with van der Waals surface area (Å²) in [6.07, 6.45) is 0. The highest BCUT2D eigenvalue weighted by Gasteiger charge is 2.10. The van der Waals surface area contributed by atoms with Gasteiger partial charge in [-0.25, -0.2) is 4.98 Å². The summed E-state index contributed by atoms with van der Waals surface area (Å²) in [5.74, 6) is 0.975. The summed E-state index contributed by atoms with van der Waals surface area (Å²) >= 11 is 12.2. The Morgan fingerprint density at radius 3 is 2.77 bits per heavy atom. The van der Waals surface area contributed by atoms with Crippen LogP contribution in [-0.2, 0) is 4.79 Å². The number of ether oxygens (including phenoxy) is 1. The third kappa shape index (κ3) is 5.01. The zero-order valence-corrected chi connectivity index (χ0v) is 17.6. The molecule has 0 unspecified atom stereocenters. The lowest BCUT2D eigenvalue weighted by Crippen LogP contribution is -2.13. The molecule has 0 spiro atoms. The van der Waals surface area contributed by atoms with Crippen LogP contribution in [0.2, 0.25) is 5.02 Å². The number of thioether (sulfide) groups is 1. The average molecular weight is 470 g/mol. The summed E-state index contributed by atoms with van der Waals surface area (Å²) < 4.78 is 6.09. The second-order valence-corrected chi connectivity index (χ2v) is 8.38. The molecule has 1 heterocycles. The summed E-state index contributed by atoms with van der Waals surface area (Å²) in [6, 6.07) is 13.1. The molecule has 0 bridgehead atoms. The van der Waals surface area contributed by atoms with Crippen LogP contribution in [0.25, 0.3) is 11.3 Å². The maximum absolute atomic E-state index is 12.1. The molecule has 0 atom stereocenters. The number of rotatable bonds is 6. The maximum atomic E-state index is 12.1. The lowest BCUT2D eigenvalue weighted by atomic mass is 10.2. The van der Waals surface area contributed by atoms with Crippen molar-refractivity contribution in [2.45, 2.75) is 4.90 Å². The highest BCUT2D eigenvalue weighted by molar-refractivity contribution is 9.10. The number of benzene rings is 2. The van der Waals surface area contributed by atoms with E-state index in [4.69, 9.17) is 16.3 Å². The Labute approximate surface area is 173 Å². The van der Waals surface area contributed by atoms with Crippen LogP contribution < -0.4 is 10.1 Å². The number of nitrogens with one attached hydrogen (secondary N) is 1. The second-order valence-electron chi connectivity index (χ2n) is 5.18. The van der Waals surface area contributed by atoms with Crippen LogP contribution in [0.5, 0.6) is 5.75 Å². The van der Waals surface area contributed by atoms with E-state index in [2.05, 4.69) is 26.2 Å². The van der Waals surface area contributed by atoms with Crippen LogP contribution in [0.4, 0.5) is 5.13 Å². The van der Waals surface area contributed by atoms with Gasteiger partial charge in [0.1, 0.15) is 5.75 Å².